The summed E-state index contributed by atoms with van der Waals surface area (Å²) in [5.41, 5.74) is 10.9. The first kappa shape index (κ1) is 28.2. The van der Waals surface area contributed by atoms with Crippen LogP contribution in [0.15, 0.2) is 16.8 Å². The average molecular weight is 473 g/mol. The van der Waals surface area contributed by atoms with Crippen LogP contribution in [0.25, 0.3) is 0 Å². The molecule has 0 aromatic carbocycles. The molecule has 0 fully saturated rings. The van der Waals surface area contributed by atoms with Gasteiger partial charge in [0, 0.05) is 14.0 Å². The van der Waals surface area contributed by atoms with E-state index in [2.05, 4.69) is 10.3 Å². The van der Waals surface area contributed by atoms with Crippen LogP contribution in [-0.4, -0.2) is 78.1 Å². The number of carboxylic acids is 1. The number of aliphatic hydroxyl groups is 1. The number of methoxy groups -OCH3 is 1. The molecule has 0 saturated heterocycles. The summed E-state index contributed by atoms with van der Waals surface area (Å²) in [7, 11) is 1.27. The van der Waals surface area contributed by atoms with Crippen molar-refractivity contribution >= 4 is 23.8 Å². The Morgan fingerprint density at radius 1 is 1.30 bits per heavy atom. The highest BCUT2D eigenvalue weighted by Crippen LogP contribution is 2.26. The maximum Gasteiger partial charge on any atom is 0.370 e. The number of nitrogens with two attached hydrogens (primary N) is 2. The fraction of sp³-hybridized carbons (Fsp3) is 0.714. The van der Waals surface area contributed by atoms with Gasteiger partial charge < -0.3 is 41.2 Å². The molecule has 7 N–H and O–H groups in total. The van der Waals surface area contributed by atoms with Gasteiger partial charge in [0.05, 0.1) is 18.0 Å². The molecule has 1 aliphatic rings. The molecule has 0 bridgehead atoms. The van der Waals surface area contributed by atoms with Gasteiger partial charge in [0.2, 0.25) is 11.7 Å². The Morgan fingerprint density at radius 3 is 2.45 bits per heavy atom. The number of guanidine groups is 1. The van der Waals surface area contributed by atoms with E-state index in [0.717, 1.165) is 18.9 Å². The van der Waals surface area contributed by atoms with E-state index in [1.807, 2.05) is 13.8 Å². The molecule has 1 rings (SSSR count). The lowest BCUT2D eigenvalue weighted by Gasteiger charge is -2.40. The van der Waals surface area contributed by atoms with E-state index in [9.17, 15) is 24.6 Å². The number of aliphatic hydroxyl groups excluding tert-OH is 1. The van der Waals surface area contributed by atoms with Crippen LogP contribution in [0.1, 0.15) is 46.5 Å². The number of ether oxygens (including phenoxy) is 3. The number of unbranched alkanes of at least 4 members (excludes halogenated alkanes) is 1. The molecule has 188 valence electrons. The van der Waals surface area contributed by atoms with E-state index >= 15 is 0 Å². The normalized spacial score (nSPS) is 22.7. The molecule has 1 heterocycles. The molecule has 0 radical (unpaired) electrons. The zero-order valence-corrected chi connectivity index (χ0v) is 19.5. The summed E-state index contributed by atoms with van der Waals surface area (Å²) in [6.45, 7) is 4.75. The van der Waals surface area contributed by atoms with E-state index in [0.29, 0.717) is 12.8 Å². The summed E-state index contributed by atoms with van der Waals surface area (Å²) < 4.78 is 16.2. The van der Waals surface area contributed by atoms with Gasteiger partial charge in [0.25, 0.3) is 0 Å². The summed E-state index contributed by atoms with van der Waals surface area (Å²) in [6, 6.07) is -1.98. The Balaban J connectivity index is 3.12. The Hall–Kier alpha value is -2.86. The maximum atomic E-state index is 12.4. The summed E-state index contributed by atoms with van der Waals surface area (Å²) >= 11 is 0. The van der Waals surface area contributed by atoms with Crippen LogP contribution in [0, 0.1) is 5.92 Å². The van der Waals surface area contributed by atoms with E-state index < -0.39 is 60.6 Å². The third-order valence-electron chi connectivity index (χ3n) is 5.29. The van der Waals surface area contributed by atoms with Gasteiger partial charge in [-0.25, -0.2) is 9.79 Å². The quantitative estimate of drug-likeness (QED) is 0.134. The molecule has 12 heteroatoms. The van der Waals surface area contributed by atoms with Gasteiger partial charge >= 0.3 is 11.9 Å². The fourth-order valence-electron chi connectivity index (χ4n) is 3.63. The standard InChI is InChI=1S/C21H36N4O8/c1-5-7-8-12(6-2)20(30)32-10-14(27)17(31-4)18-16(24-11(3)26)13(25-21(22)23)9-15(33-18)19(28)29/h9,12-14,16-18,27H,5-8,10H2,1-4H3,(H,24,26)(H,28,29)(H4,22,23,25)/t12?,13-,14+,16+,17+,18+/m0/s1. The molecular weight excluding hydrogens is 436 g/mol. The van der Waals surface area contributed by atoms with Crippen LogP contribution in [0.2, 0.25) is 0 Å². The minimum atomic E-state index is -1.39. The SMILES string of the molecule is CCCCC(CC)C(=O)OC[C@@H](O)[C@@H](OC)[C@@H]1OC(C(=O)O)=C[C@H](N=C(N)N)[C@H]1NC(C)=O. The monoisotopic (exact) mass is 472 g/mol. The van der Waals surface area contributed by atoms with E-state index in [1.165, 1.54) is 14.0 Å². The second-order valence-electron chi connectivity index (χ2n) is 7.83. The zero-order valence-electron chi connectivity index (χ0n) is 19.5. The number of hydrogen-bond donors (Lipinski definition) is 5. The van der Waals surface area contributed by atoms with Gasteiger partial charge in [-0.3, -0.25) is 9.59 Å². The molecule has 0 aromatic rings. The zero-order chi connectivity index (χ0) is 25.1. The highest BCUT2D eigenvalue weighted by atomic mass is 16.6. The maximum absolute atomic E-state index is 12.4. The first-order valence-corrected chi connectivity index (χ1v) is 10.9. The molecule has 1 unspecified atom stereocenters. The molecule has 12 nitrogen and oxygen atoms in total. The van der Waals surface area contributed by atoms with Crippen molar-refractivity contribution in [3.63, 3.8) is 0 Å². The number of carbonyl (C=O) groups is 3. The number of esters is 1. The molecule has 33 heavy (non-hydrogen) atoms. The molecule has 1 amide bonds. The predicted molar refractivity (Wildman–Crippen MR) is 119 cm³/mol. The van der Waals surface area contributed by atoms with Gasteiger partial charge in [-0.1, -0.05) is 26.7 Å². The minimum absolute atomic E-state index is 0.288. The number of carbonyl (C=O) groups excluding carboxylic acids is 2. The summed E-state index contributed by atoms with van der Waals surface area (Å²) in [6.07, 6.45) is 0.462. The highest BCUT2D eigenvalue weighted by molar-refractivity contribution is 5.85. The lowest BCUT2D eigenvalue weighted by atomic mass is 9.92. The van der Waals surface area contributed by atoms with Gasteiger partial charge in [-0.15, -0.1) is 0 Å². The minimum Gasteiger partial charge on any atom is -0.478 e. The van der Waals surface area contributed by atoms with Crippen LogP contribution >= 0.6 is 0 Å². The first-order chi connectivity index (χ1) is 15.5. The molecule has 0 spiro atoms. The number of aliphatic carboxylic acids is 1. The molecule has 1 aliphatic heterocycles. The lowest BCUT2D eigenvalue weighted by molar-refractivity contribution is -0.162. The van der Waals surface area contributed by atoms with Gasteiger partial charge in [-0.2, -0.15) is 0 Å². The van der Waals surface area contributed by atoms with Crippen LogP contribution in [-0.2, 0) is 28.6 Å². The molecule has 0 aromatic heterocycles. The van der Waals surface area contributed by atoms with E-state index in [4.69, 9.17) is 25.7 Å². The van der Waals surface area contributed by atoms with Gasteiger partial charge in [-0.05, 0) is 18.9 Å². The first-order valence-electron chi connectivity index (χ1n) is 10.9. The van der Waals surface area contributed by atoms with Crippen LogP contribution in [0.4, 0.5) is 0 Å². The smallest absolute Gasteiger partial charge is 0.370 e. The molecular formula is C21H36N4O8. The largest absolute Gasteiger partial charge is 0.478 e. The van der Waals surface area contributed by atoms with Gasteiger partial charge in [0.15, 0.2) is 12.1 Å². The highest BCUT2D eigenvalue weighted by Gasteiger charge is 2.45. The number of nitrogens with zero attached hydrogens (tertiary/aromatic N) is 1. The lowest BCUT2D eigenvalue weighted by Crippen LogP contribution is -2.60. The van der Waals surface area contributed by atoms with Crippen molar-refractivity contribution in [1.82, 2.24) is 5.32 Å². The topological polar surface area (TPSA) is 196 Å². The van der Waals surface area contributed by atoms with Crippen LogP contribution in [0.5, 0.6) is 0 Å². The Morgan fingerprint density at radius 2 is 1.97 bits per heavy atom. The van der Waals surface area contributed by atoms with Gasteiger partial charge in [0.1, 0.15) is 18.8 Å². The van der Waals surface area contributed by atoms with Crippen molar-refractivity contribution in [3.8, 4) is 0 Å². The third kappa shape index (κ3) is 8.54. The van der Waals surface area contributed by atoms with E-state index in [-0.39, 0.29) is 11.9 Å². The van der Waals surface area contributed by atoms with Crippen molar-refractivity contribution in [2.45, 2.75) is 76.9 Å². The average Bonchev–Trinajstić information content (AvgIpc) is 2.74. The Bertz CT molecular complexity index is 738. The van der Waals surface area contributed by atoms with E-state index in [1.54, 1.807) is 0 Å². The molecule has 0 saturated carbocycles. The van der Waals surface area contributed by atoms with Crippen LogP contribution < -0.4 is 16.8 Å². The number of amides is 1. The Labute approximate surface area is 193 Å². The second kappa shape index (κ2) is 13.6. The van der Waals surface area contributed by atoms with Crippen molar-refractivity contribution in [3.05, 3.63) is 11.8 Å². The predicted octanol–water partition coefficient (Wildman–Crippen LogP) is -0.364. The number of aliphatic imine (C=N–C) groups is 1. The third-order valence-corrected chi connectivity index (χ3v) is 5.29. The number of hydrogen-bond acceptors (Lipinski definition) is 8. The molecule has 6 atom stereocenters. The summed E-state index contributed by atoms with van der Waals surface area (Å²) in [4.78, 5) is 39.8. The summed E-state index contributed by atoms with van der Waals surface area (Å²) in [5, 5.41) is 22.8. The van der Waals surface area contributed by atoms with Crippen molar-refractivity contribution in [1.29, 1.82) is 0 Å². The number of nitrogens with one attached hydrogen (secondary N) is 1. The fourth-order valence-corrected chi connectivity index (χ4v) is 3.63. The Kier molecular flexibility index (Phi) is 11.6. The van der Waals surface area contributed by atoms with Crippen molar-refractivity contribution in [2.24, 2.45) is 22.4 Å². The number of rotatable bonds is 13. The number of carboxylic acid groups (broad SMARTS) is 1. The summed E-state index contributed by atoms with van der Waals surface area (Å²) in [5.74, 6) is -3.40. The van der Waals surface area contributed by atoms with Crippen molar-refractivity contribution < 1.29 is 38.8 Å². The van der Waals surface area contributed by atoms with Crippen molar-refractivity contribution in [2.75, 3.05) is 13.7 Å². The van der Waals surface area contributed by atoms with Crippen LogP contribution in [0.3, 0.4) is 0 Å². The molecule has 0 aliphatic carbocycles. The second-order valence-corrected chi connectivity index (χ2v) is 7.83.